The van der Waals surface area contributed by atoms with Crippen LogP contribution in [0.5, 0.6) is 0 Å². The fourth-order valence-corrected chi connectivity index (χ4v) is 3.72. The molecule has 80 valence electrons. The van der Waals surface area contributed by atoms with Crippen LogP contribution in [-0.2, 0) is 7.05 Å². The zero-order valence-electron chi connectivity index (χ0n) is 8.37. The first-order valence-corrected chi connectivity index (χ1v) is 7.00. The third-order valence-corrected chi connectivity index (χ3v) is 5.50. The maximum Gasteiger partial charge on any atom is 0.108 e. The van der Waals surface area contributed by atoms with E-state index in [9.17, 15) is 0 Å². The second-order valence-corrected chi connectivity index (χ2v) is 6.31. The minimum absolute atomic E-state index is 0.222. The Morgan fingerprint density at radius 3 is 2.67 bits per heavy atom. The van der Waals surface area contributed by atoms with E-state index < -0.39 is 0 Å². The Balaban J connectivity index is 2.36. The summed E-state index contributed by atoms with van der Waals surface area (Å²) in [5.41, 5.74) is 1.17. The minimum Gasteiger partial charge on any atom is -0.261 e. The Labute approximate surface area is 110 Å². The van der Waals surface area contributed by atoms with Crippen LogP contribution in [0.1, 0.15) is 20.1 Å². The molecule has 0 amide bonds. The Hall–Kier alpha value is -0.130. The molecule has 0 saturated carbocycles. The van der Waals surface area contributed by atoms with E-state index in [0.29, 0.717) is 0 Å². The van der Waals surface area contributed by atoms with Gasteiger partial charge in [-0.25, -0.2) is 0 Å². The second-order valence-electron chi connectivity index (χ2n) is 3.33. The monoisotopic (exact) mass is 348 g/mol. The largest absolute Gasteiger partial charge is 0.261 e. The summed E-state index contributed by atoms with van der Waals surface area (Å²) < 4.78 is 2.85. The van der Waals surface area contributed by atoms with Crippen LogP contribution in [0.25, 0.3) is 0 Å². The van der Waals surface area contributed by atoms with Gasteiger partial charge in [-0.15, -0.1) is 11.3 Å². The van der Waals surface area contributed by atoms with Gasteiger partial charge < -0.3 is 0 Å². The Morgan fingerprint density at radius 2 is 2.20 bits per heavy atom. The van der Waals surface area contributed by atoms with Gasteiger partial charge in [0, 0.05) is 22.4 Å². The Kier molecular flexibility index (Phi) is 3.33. The molecule has 0 saturated heterocycles. The van der Waals surface area contributed by atoms with Crippen LogP contribution < -0.4 is 0 Å². The van der Waals surface area contributed by atoms with Gasteiger partial charge in [0.15, 0.2) is 0 Å². The normalized spacial score (nSPS) is 13.1. The highest BCUT2D eigenvalue weighted by Crippen LogP contribution is 2.38. The summed E-state index contributed by atoms with van der Waals surface area (Å²) in [6, 6.07) is 4.29. The number of aromatic nitrogens is 2. The van der Waals surface area contributed by atoms with Crippen molar-refractivity contribution in [2.75, 3.05) is 0 Å². The summed E-state index contributed by atoms with van der Waals surface area (Å²) >= 11 is 9.03. The molecule has 2 aromatic rings. The third-order valence-electron chi connectivity index (χ3n) is 2.18. The van der Waals surface area contributed by atoms with Crippen molar-refractivity contribution in [3.63, 3.8) is 0 Å². The van der Waals surface area contributed by atoms with Crippen LogP contribution in [0.3, 0.4) is 0 Å². The van der Waals surface area contributed by atoms with Gasteiger partial charge in [0.25, 0.3) is 0 Å². The molecule has 15 heavy (non-hydrogen) atoms. The van der Waals surface area contributed by atoms with Crippen molar-refractivity contribution < 1.29 is 0 Å². The molecule has 0 aliphatic heterocycles. The molecule has 1 unspecified atom stereocenters. The van der Waals surface area contributed by atoms with Crippen molar-refractivity contribution in [2.24, 2.45) is 7.05 Å². The van der Waals surface area contributed by atoms with Crippen molar-refractivity contribution >= 4 is 43.2 Å². The lowest BCUT2D eigenvalue weighted by Gasteiger charge is -2.05. The van der Waals surface area contributed by atoms with Gasteiger partial charge in [0.1, 0.15) is 4.60 Å². The topological polar surface area (TPSA) is 17.8 Å². The van der Waals surface area contributed by atoms with E-state index in [2.05, 4.69) is 56.0 Å². The van der Waals surface area contributed by atoms with Crippen LogP contribution in [0.2, 0.25) is 0 Å². The number of hydrogen-bond acceptors (Lipinski definition) is 2. The number of rotatable bonds is 2. The molecule has 2 heterocycles. The highest BCUT2D eigenvalue weighted by Gasteiger charge is 2.17. The number of nitrogens with zero attached hydrogens (tertiary/aromatic N) is 2. The summed E-state index contributed by atoms with van der Waals surface area (Å²) in [5, 5.41) is 4.21. The average molecular weight is 350 g/mol. The van der Waals surface area contributed by atoms with Crippen molar-refractivity contribution in [1.29, 1.82) is 0 Å². The highest BCUT2D eigenvalue weighted by atomic mass is 79.9. The number of alkyl halides is 1. The van der Waals surface area contributed by atoms with Gasteiger partial charge in [0.05, 0.1) is 11.0 Å². The third kappa shape index (κ3) is 2.19. The summed E-state index contributed by atoms with van der Waals surface area (Å²) in [6.07, 6.45) is 1.89. The summed E-state index contributed by atoms with van der Waals surface area (Å²) in [6.45, 7) is 2.12. The molecule has 0 radical (unpaired) electrons. The minimum atomic E-state index is 0.222. The molecule has 0 aromatic carbocycles. The van der Waals surface area contributed by atoms with E-state index in [1.165, 1.54) is 15.3 Å². The first kappa shape index (κ1) is 11.4. The average Bonchev–Trinajstić information content (AvgIpc) is 2.75. The zero-order chi connectivity index (χ0) is 11.0. The van der Waals surface area contributed by atoms with Gasteiger partial charge in [-0.2, -0.15) is 5.10 Å². The first-order chi connectivity index (χ1) is 7.09. The molecule has 0 N–H and O–H groups in total. The summed E-state index contributed by atoms with van der Waals surface area (Å²) in [4.78, 5) is 2.86. The van der Waals surface area contributed by atoms with E-state index in [1.807, 2.05) is 17.9 Å². The van der Waals surface area contributed by atoms with E-state index in [1.54, 1.807) is 11.3 Å². The molecular weight excluding hydrogens is 340 g/mol. The predicted octanol–water partition coefficient (Wildman–Crippen LogP) is 4.04. The number of thiophene rings is 1. The Bertz CT molecular complexity index is 475. The molecule has 0 aliphatic rings. The van der Waals surface area contributed by atoms with Gasteiger partial charge in [-0.05, 0) is 35.0 Å². The second kappa shape index (κ2) is 4.39. The predicted molar refractivity (Wildman–Crippen MR) is 70.7 cm³/mol. The fourth-order valence-electron chi connectivity index (χ4n) is 1.35. The standard InChI is InChI=1S/C10H10Br2N2S/c1-6-3-4-8(15-6)9(11)7-5-13-14(2)10(7)12/h3-5,9H,1-2H3. The lowest BCUT2D eigenvalue weighted by atomic mass is 10.2. The van der Waals surface area contributed by atoms with Crippen molar-refractivity contribution in [3.05, 3.63) is 38.3 Å². The molecule has 2 nitrogen and oxygen atoms in total. The van der Waals surface area contributed by atoms with E-state index in [4.69, 9.17) is 0 Å². The molecule has 0 bridgehead atoms. The molecule has 5 heteroatoms. The SMILES string of the molecule is Cc1ccc(C(Br)c2cnn(C)c2Br)s1. The maximum atomic E-state index is 4.21. The highest BCUT2D eigenvalue weighted by molar-refractivity contribution is 9.10. The molecule has 2 rings (SSSR count). The first-order valence-electron chi connectivity index (χ1n) is 4.47. The Morgan fingerprint density at radius 1 is 1.47 bits per heavy atom. The number of aryl methyl sites for hydroxylation is 2. The molecule has 1 atom stereocenters. The van der Waals surface area contributed by atoms with Crippen molar-refractivity contribution in [1.82, 2.24) is 9.78 Å². The van der Waals surface area contributed by atoms with Crippen LogP contribution in [-0.4, -0.2) is 9.78 Å². The summed E-state index contributed by atoms with van der Waals surface area (Å²) in [5.74, 6) is 0. The van der Waals surface area contributed by atoms with E-state index >= 15 is 0 Å². The van der Waals surface area contributed by atoms with Crippen LogP contribution in [0.4, 0.5) is 0 Å². The number of halogens is 2. The van der Waals surface area contributed by atoms with Crippen molar-refractivity contribution in [3.8, 4) is 0 Å². The fraction of sp³-hybridized carbons (Fsp3) is 0.300. The molecule has 0 fully saturated rings. The maximum absolute atomic E-state index is 4.21. The van der Waals surface area contributed by atoms with Gasteiger partial charge in [-0.1, -0.05) is 15.9 Å². The molecule has 0 spiro atoms. The van der Waals surface area contributed by atoms with Gasteiger partial charge in [0.2, 0.25) is 0 Å². The molecular formula is C10H10Br2N2S. The smallest absolute Gasteiger partial charge is 0.108 e. The van der Waals surface area contributed by atoms with E-state index in [-0.39, 0.29) is 4.83 Å². The van der Waals surface area contributed by atoms with Crippen LogP contribution in [0, 0.1) is 6.92 Å². The molecule has 0 aliphatic carbocycles. The van der Waals surface area contributed by atoms with Crippen LogP contribution >= 0.6 is 43.2 Å². The summed E-state index contributed by atoms with van der Waals surface area (Å²) in [7, 11) is 1.92. The number of hydrogen-bond donors (Lipinski definition) is 0. The van der Waals surface area contributed by atoms with Gasteiger partial charge in [-0.3, -0.25) is 4.68 Å². The zero-order valence-corrected chi connectivity index (χ0v) is 12.4. The van der Waals surface area contributed by atoms with Gasteiger partial charge >= 0.3 is 0 Å². The van der Waals surface area contributed by atoms with E-state index in [0.717, 1.165) is 4.60 Å². The molecule has 2 aromatic heterocycles. The van der Waals surface area contributed by atoms with Crippen LogP contribution in [0.15, 0.2) is 22.9 Å². The lowest BCUT2D eigenvalue weighted by molar-refractivity contribution is 0.748. The van der Waals surface area contributed by atoms with Crippen molar-refractivity contribution in [2.45, 2.75) is 11.8 Å². The quantitative estimate of drug-likeness (QED) is 0.748. The lowest BCUT2D eigenvalue weighted by Crippen LogP contribution is -1.92.